The van der Waals surface area contributed by atoms with Gasteiger partial charge in [-0.2, -0.15) is 0 Å². The third-order valence-corrected chi connectivity index (χ3v) is 5.96. The lowest BCUT2D eigenvalue weighted by Gasteiger charge is -2.26. The van der Waals surface area contributed by atoms with Gasteiger partial charge in [-0.1, -0.05) is 19.1 Å². The number of aliphatic hydroxyl groups excluding tert-OH is 1. The summed E-state index contributed by atoms with van der Waals surface area (Å²) in [5, 5.41) is 42.0. The Bertz CT molecular complexity index is 1220. The summed E-state index contributed by atoms with van der Waals surface area (Å²) in [7, 11) is 0. The molecule has 0 amide bonds. The quantitative estimate of drug-likeness (QED) is 0.418. The molecule has 0 radical (unpaired) electrons. The van der Waals surface area contributed by atoms with Crippen molar-refractivity contribution in [2.75, 3.05) is 19.7 Å². The highest BCUT2D eigenvalue weighted by Crippen LogP contribution is 2.44. The van der Waals surface area contributed by atoms with Gasteiger partial charge in [-0.3, -0.25) is 19.8 Å². The minimum Gasteiger partial charge on any atom is -0.507 e. The van der Waals surface area contributed by atoms with Crippen LogP contribution in [0.1, 0.15) is 24.8 Å². The number of rotatable bonds is 5. The maximum Gasteiger partial charge on any atom is 0.270 e. The highest BCUT2D eigenvalue weighted by atomic mass is 16.6. The van der Waals surface area contributed by atoms with E-state index in [0.29, 0.717) is 30.6 Å². The monoisotopic (exact) mass is 426 g/mol. The van der Waals surface area contributed by atoms with Crippen LogP contribution in [0.25, 0.3) is 22.3 Å². The molecule has 0 bridgehead atoms. The van der Waals surface area contributed by atoms with Gasteiger partial charge in [0, 0.05) is 47.4 Å². The van der Waals surface area contributed by atoms with E-state index in [0.717, 1.165) is 6.07 Å². The largest absolute Gasteiger partial charge is 0.507 e. The molecular formula is C22H22N2O7. The lowest BCUT2D eigenvalue weighted by atomic mass is 9.89. The number of likely N-dealkylation sites (N-methyl/N-ethyl adjacent to an activating group) is 1. The van der Waals surface area contributed by atoms with Crippen LogP contribution in [0.3, 0.4) is 0 Å². The molecule has 3 N–H and O–H groups in total. The molecule has 1 fully saturated rings. The number of benzene rings is 2. The number of hydrogen-bond donors (Lipinski definition) is 3. The van der Waals surface area contributed by atoms with E-state index >= 15 is 0 Å². The lowest BCUT2D eigenvalue weighted by Crippen LogP contribution is -2.35. The van der Waals surface area contributed by atoms with E-state index < -0.39 is 16.1 Å². The predicted octanol–water partition coefficient (Wildman–Crippen LogP) is 2.95. The SMILES string of the molecule is CCN1CCC(c2c(O)cc(O)c3c(=O)cc(-c4cccc([N+](=O)[O-])c4)oc23)C1CO. The van der Waals surface area contributed by atoms with E-state index in [2.05, 4.69) is 4.90 Å². The summed E-state index contributed by atoms with van der Waals surface area (Å²) in [6.07, 6.45) is 0.622. The summed E-state index contributed by atoms with van der Waals surface area (Å²) in [5.74, 6) is -0.887. The number of nitro groups is 1. The number of nitrogens with zero attached hydrogens (tertiary/aromatic N) is 2. The predicted molar refractivity (Wildman–Crippen MR) is 113 cm³/mol. The molecule has 0 spiro atoms. The maximum atomic E-state index is 12.9. The molecule has 31 heavy (non-hydrogen) atoms. The molecule has 162 valence electrons. The smallest absolute Gasteiger partial charge is 0.270 e. The molecule has 1 aliphatic rings. The van der Waals surface area contributed by atoms with E-state index in [1.807, 2.05) is 6.92 Å². The average molecular weight is 426 g/mol. The molecule has 2 unspecified atom stereocenters. The third-order valence-electron chi connectivity index (χ3n) is 5.96. The normalized spacial score (nSPS) is 19.2. The molecule has 1 aliphatic heterocycles. The zero-order valence-electron chi connectivity index (χ0n) is 16.8. The van der Waals surface area contributed by atoms with E-state index in [1.165, 1.54) is 24.3 Å². The Morgan fingerprint density at radius 2 is 2.00 bits per heavy atom. The van der Waals surface area contributed by atoms with Crippen LogP contribution in [0, 0.1) is 10.1 Å². The van der Waals surface area contributed by atoms with Gasteiger partial charge in [-0.25, -0.2) is 0 Å². The second-order valence-corrected chi connectivity index (χ2v) is 7.59. The van der Waals surface area contributed by atoms with Crippen molar-refractivity contribution in [2.24, 2.45) is 0 Å². The van der Waals surface area contributed by atoms with Crippen molar-refractivity contribution < 1.29 is 24.7 Å². The van der Waals surface area contributed by atoms with Crippen LogP contribution in [-0.2, 0) is 0 Å². The van der Waals surface area contributed by atoms with Crippen molar-refractivity contribution >= 4 is 16.7 Å². The van der Waals surface area contributed by atoms with Crippen LogP contribution >= 0.6 is 0 Å². The van der Waals surface area contributed by atoms with Gasteiger partial charge in [0.15, 0.2) is 5.43 Å². The van der Waals surface area contributed by atoms with Crippen LogP contribution in [0.4, 0.5) is 5.69 Å². The zero-order valence-corrected chi connectivity index (χ0v) is 16.8. The Labute approximate surface area is 176 Å². The number of aromatic hydroxyl groups is 2. The fourth-order valence-electron chi connectivity index (χ4n) is 4.48. The highest BCUT2D eigenvalue weighted by molar-refractivity contribution is 5.89. The third kappa shape index (κ3) is 3.51. The van der Waals surface area contributed by atoms with Gasteiger partial charge >= 0.3 is 0 Å². The van der Waals surface area contributed by atoms with Crippen molar-refractivity contribution in [3.63, 3.8) is 0 Å². The number of fused-ring (bicyclic) bond motifs is 1. The van der Waals surface area contributed by atoms with E-state index in [1.54, 1.807) is 6.07 Å². The minimum atomic E-state index is -0.546. The summed E-state index contributed by atoms with van der Waals surface area (Å²) in [5.41, 5.74) is -0.0104. The first-order valence-corrected chi connectivity index (χ1v) is 9.98. The topological polar surface area (TPSA) is 137 Å². The highest BCUT2D eigenvalue weighted by Gasteiger charge is 2.37. The molecular weight excluding hydrogens is 404 g/mol. The van der Waals surface area contributed by atoms with E-state index in [9.17, 15) is 30.2 Å². The fourth-order valence-corrected chi connectivity index (χ4v) is 4.48. The van der Waals surface area contributed by atoms with Crippen LogP contribution in [-0.4, -0.2) is 50.9 Å². The second-order valence-electron chi connectivity index (χ2n) is 7.59. The van der Waals surface area contributed by atoms with Crippen molar-refractivity contribution in [1.82, 2.24) is 4.90 Å². The molecule has 9 heteroatoms. The molecule has 0 aliphatic carbocycles. The molecule has 9 nitrogen and oxygen atoms in total. The molecule has 2 heterocycles. The van der Waals surface area contributed by atoms with Crippen molar-refractivity contribution in [2.45, 2.75) is 25.3 Å². The van der Waals surface area contributed by atoms with Crippen LogP contribution in [0.15, 0.2) is 45.6 Å². The summed E-state index contributed by atoms with van der Waals surface area (Å²) in [6, 6.07) is 7.67. The summed E-state index contributed by atoms with van der Waals surface area (Å²) < 4.78 is 5.99. The summed E-state index contributed by atoms with van der Waals surface area (Å²) in [6.45, 7) is 3.24. The zero-order chi connectivity index (χ0) is 22.3. The van der Waals surface area contributed by atoms with Gasteiger partial charge in [0.05, 0.1) is 11.5 Å². The van der Waals surface area contributed by atoms with Gasteiger partial charge < -0.3 is 19.7 Å². The Kier molecular flexibility index (Phi) is 5.38. The number of phenols is 2. The molecule has 3 aromatic rings. The average Bonchev–Trinajstić information content (AvgIpc) is 3.15. The van der Waals surface area contributed by atoms with Crippen molar-refractivity contribution in [3.05, 3.63) is 62.3 Å². The number of aliphatic hydroxyl groups is 1. The Hall–Kier alpha value is -3.43. The van der Waals surface area contributed by atoms with E-state index in [4.69, 9.17) is 4.42 Å². The first-order chi connectivity index (χ1) is 14.8. The molecule has 0 saturated carbocycles. The summed E-state index contributed by atoms with van der Waals surface area (Å²) in [4.78, 5) is 25.5. The molecule has 2 atom stereocenters. The lowest BCUT2D eigenvalue weighted by molar-refractivity contribution is -0.384. The number of likely N-dealkylation sites (tertiary alicyclic amines) is 1. The van der Waals surface area contributed by atoms with Crippen molar-refractivity contribution in [1.29, 1.82) is 0 Å². The van der Waals surface area contributed by atoms with Gasteiger partial charge in [0.1, 0.15) is 28.2 Å². The molecule has 4 rings (SSSR count). The molecule has 1 saturated heterocycles. The molecule has 1 aromatic heterocycles. The number of non-ortho nitro benzene ring substituents is 1. The second kappa shape index (κ2) is 8.01. The van der Waals surface area contributed by atoms with Crippen LogP contribution in [0.5, 0.6) is 11.5 Å². The van der Waals surface area contributed by atoms with Crippen LogP contribution in [0.2, 0.25) is 0 Å². The van der Waals surface area contributed by atoms with Gasteiger partial charge in [-0.15, -0.1) is 0 Å². The van der Waals surface area contributed by atoms with E-state index in [-0.39, 0.29) is 46.7 Å². The van der Waals surface area contributed by atoms with Crippen molar-refractivity contribution in [3.8, 4) is 22.8 Å². The number of hydrogen-bond acceptors (Lipinski definition) is 8. The Morgan fingerprint density at radius 1 is 1.23 bits per heavy atom. The van der Waals surface area contributed by atoms with Gasteiger partial charge in [-0.05, 0) is 19.5 Å². The maximum absolute atomic E-state index is 12.9. The van der Waals surface area contributed by atoms with Gasteiger partial charge in [0.25, 0.3) is 5.69 Å². The van der Waals surface area contributed by atoms with Gasteiger partial charge in [0.2, 0.25) is 0 Å². The first-order valence-electron chi connectivity index (χ1n) is 9.98. The Balaban J connectivity index is 1.97. The number of phenolic OH excluding ortho intramolecular Hbond substituents is 2. The minimum absolute atomic E-state index is 0.0212. The Morgan fingerprint density at radius 3 is 2.68 bits per heavy atom. The standard InChI is InChI=1S/C22H22N2O7/c1-2-23-7-6-14(15(23)11-25)20-16(26)9-17(27)21-18(28)10-19(31-22(20)21)12-4-3-5-13(8-12)24(29)30/h3-5,8-10,14-15,25-27H,2,6-7,11H2,1H3. The molecule has 2 aromatic carbocycles. The number of nitro benzene ring substituents is 1. The fraction of sp³-hybridized carbons (Fsp3) is 0.318. The summed E-state index contributed by atoms with van der Waals surface area (Å²) >= 11 is 0. The first kappa shape index (κ1) is 20.8. The van der Waals surface area contributed by atoms with Crippen LogP contribution < -0.4 is 5.43 Å².